The van der Waals surface area contributed by atoms with Crippen molar-refractivity contribution in [3.05, 3.63) is 11.2 Å². The third-order valence-electron chi connectivity index (χ3n) is 1.75. The monoisotopic (exact) mass is 229 g/mol. The van der Waals surface area contributed by atoms with E-state index in [1.165, 1.54) is 6.07 Å². The number of nitrogens with zero attached hydrogens (tertiary/aromatic N) is 3. The first-order valence-corrected chi connectivity index (χ1v) is 4.74. The lowest BCUT2D eigenvalue weighted by atomic mass is 10.4. The minimum Gasteiger partial charge on any atom is -0.368 e. The smallest absolute Gasteiger partial charge is 0.236 e. The molecule has 0 saturated carbocycles. The minimum absolute atomic E-state index is 0.0698. The molecule has 0 aromatic carbocycles. The fourth-order valence-electron chi connectivity index (χ4n) is 1.13. The molecule has 0 unspecified atom stereocenters. The molecule has 0 aliphatic carbocycles. The highest BCUT2D eigenvalue weighted by Crippen LogP contribution is 2.16. The topological polar surface area (TPSA) is 98.1 Å². The van der Waals surface area contributed by atoms with E-state index in [1.54, 1.807) is 4.90 Å². The van der Waals surface area contributed by atoms with Crippen LogP contribution in [0.25, 0.3) is 0 Å². The molecule has 1 heterocycles. The molecule has 82 valence electrons. The normalized spacial score (nSPS) is 10.0. The van der Waals surface area contributed by atoms with E-state index < -0.39 is 5.91 Å². The molecule has 4 N–H and O–H groups in total. The number of hydrogen-bond acceptors (Lipinski definition) is 5. The number of primary amides is 1. The van der Waals surface area contributed by atoms with Gasteiger partial charge in [0.1, 0.15) is 11.0 Å². The third kappa shape index (κ3) is 3.25. The lowest BCUT2D eigenvalue weighted by Crippen LogP contribution is -2.34. The molecule has 1 aromatic heterocycles. The summed E-state index contributed by atoms with van der Waals surface area (Å²) in [6.07, 6.45) is 0. The lowest BCUT2D eigenvalue weighted by Gasteiger charge is -2.19. The first-order chi connectivity index (χ1) is 7.02. The molecule has 0 aliphatic heterocycles. The van der Waals surface area contributed by atoms with Gasteiger partial charge in [-0.15, -0.1) is 0 Å². The van der Waals surface area contributed by atoms with Gasteiger partial charge in [-0.25, -0.2) is 4.98 Å². The highest BCUT2D eigenvalue weighted by molar-refractivity contribution is 6.29. The van der Waals surface area contributed by atoms with Crippen LogP contribution in [-0.4, -0.2) is 29.0 Å². The van der Waals surface area contributed by atoms with Crippen molar-refractivity contribution < 1.29 is 4.79 Å². The zero-order valence-electron chi connectivity index (χ0n) is 8.27. The van der Waals surface area contributed by atoms with E-state index >= 15 is 0 Å². The molecule has 7 heteroatoms. The average molecular weight is 230 g/mol. The molecule has 0 fully saturated rings. The predicted octanol–water partition coefficient (Wildman–Crippen LogP) is 0.0238. The molecule has 1 aromatic rings. The second kappa shape index (κ2) is 4.79. The number of aromatic nitrogens is 2. The van der Waals surface area contributed by atoms with Crippen LogP contribution in [0.15, 0.2) is 6.07 Å². The van der Waals surface area contributed by atoms with Crippen molar-refractivity contribution in [3.63, 3.8) is 0 Å². The predicted molar refractivity (Wildman–Crippen MR) is 58.5 cm³/mol. The van der Waals surface area contributed by atoms with Gasteiger partial charge < -0.3 is 16.4 Å². The van der Waals surface area contributed by atoms with E-state index in [9.17, 15) is 4.79 Å². The third-order valence-corrected chi connectivity index (χ3v) is 1.94. The zero-order valence-corrected chi connectivity index (χ0v) is 9.03. The van der Waals surface area contributed by atoms with Crippen LogP contribution in [0.5, 0.6) is 0 Å². The number of likely N-dealkylation sites (N-methyl/N-ethyl adjacent to an activating group) is 1. The lowest BCUT2D eigenvalue weighted by molar-refractivity contribution is -0.116. The summed E-state index contributed by atoms with van der Waals surface area (Å²) in [5.74, 6) is 0.124. The fourth-order valence-corrected chi connectivity index (χ4v) is 1.31. The Morgan fingerprint density at radius 2 is 2.27 bits per heavy atom. The number of anilines is 2. The number of carbonyl (C=O) groups is 1. The van der Waals surface area contributed by atoms with Crippen LogP contribution in [0.1, 0.15) is 6.92 Å². The molecule has 0 radical (unpaired) electrons. The van der Waals surface area contributed by atoms with Crippen LogP contribution >= 0.6 is 11.6 Å². The van der Waals surface area contributed by atoms with Crippen LogP contribution in [0, 0.1) is 0 Å². The maximum absolute atomic E-state index is 10.8. The van der Waals surface area contributed by atoms with Crippen LogP contribution in [-0.2, 0) is 4.79 Å². The number of rotatable bonds is 4. The Bertz CT molecular complexity index is 350. The van der Waals surface area contributed by atoms with Crippen molar-refractivity contribution in [2.75, 3.05) is 23.7 Å². The summed E-state index contributed by atoms with van der Waals surface area (Å²) in [6, 6.07) is 1.53. The maximum atomic E-state index is 10.8. The van der Waals surface area contributed by atoms with Gasteiger partial charge in [0.15, 0.2) is 0 Å². The van der Waals surface area contributed by atoms with Crippen molar-refractivity contribution >= 4 is 29.3 Å². The van der Waals surface area contributed by atoms with Crippen LogP contribution in [0.2, 0.25) is 5.15 Å². The van der Waals surface area contributed by atoms with Crippen LogP contribution in [0.4, 0.5) is 11.8 Å². The van der Waals surface area contributed by atoms with E-state index in [0.29, 0.717) is 12.4 Å². The zero-order chi connectivity index (χ0) is 11.4. The van der Waals surface area contributed by atoms with Crippen molar-refractivity contribution in [1.82, 2.24) is 9.97 Å². The van der Waals surface area contributed by atoms with Gasteiger partial charge in [0.2, 0.25) is 11.9 Å². The molecule has 0 atom stereocenters. The van der Waals surface area contributed by atoms with Gasteiger partial charge in [0, 0.05) is 12.6 Å². The summed E-state index contributed by atoms with van der Waals surface area (Å²) in [6.45, 7) is 2.52. The second-order valence-electron chi connectivity index (χ2n) is 2.89. The molecule has 0 spiro atoms. The van der Waals surface area contributed by atoms with Crippen LogP contribution < -0.4 is 16.4 Å². The Morgan fingerprint density at radius 1 is 1.60 bits per heavy atom. The molecule has 6 nitrogen and oxygen atoms in total. The number of nitrogens with two attached hydrogens (primary N) is 2. The molecule has 0 aliphatic rings. The van der Waals surface area contributed by atoms with E-state index in [-0.39, 0.29) is 17.6 Å². The molecule has 15 heavy (non-hydrogen) atoms. The summed E-state index contributed by atoms with van der Waals surface area (Å²) in [4.78, 5) is 20.1. The van der Waals surface area contributed by atoms with E-state index in [0.717, 1.165) is 0 Å². The van der Waals surface area contributed by atoms with Crippen molar-refractivity contribution in [1.29, 1.82) is 0 Å². The molecule has 0 bridgehead atoms. The van der Waals surface area contributed by atoms with Gasteiger partial charge in [0.25, 0.3) is 0 Å². The quantitative estimate of drug-likeness (QED) is 0.710. The summed E-state index contributed by atoms with van der Waals surface area (Å²) in [7, 11) is 0. The minimum atomic E-state index is -0.440. The first-order valence-electron chi connectivity index (χ1n) is 4.36. The summed E-state index contributed by atoms with van der Waals surface area (Å²) < 4.78 is 0. The van der Waals surface area contributed by atoms with Gasteiger partial charge in [-0.05, 0) is 6.92 Å². The maximum Gasteiger partial charge on any atom is 0.236 e. The summed E-state index contributed by atoms with van der Waals surface area (Å²) >= 11 is 5.71. The number of halogens is 1. The van der Waals surface area contributed by atoms with Gasteiger partial charge in [-0.3, -0.25) is 4.79 Å². The van der Waals surface area contributed by atoms with Crippen molar-refractivity contribution in [2.24, 2.45) is 5.73 Å². The summed E-state index contributed by atoms with van der Waals surface area (Å²) in [5, 5.41) is 0.237. The van der Waals surface area contributed by atoms with E-state index in [2.05, 4.69) is 9.97 Å². The molecule has 0 saturated heterocycles. The molecule has 1 rings (SSSR count). The number of hydrogen-bond donors (Lipinski definition) is 2. The van der Waals surface area contributed by atoms with Crippen LogP contribution in [0.3, 0.4) is 0 Å². The Balaban J connectivity index is 2.95. The van der Waals surface area contributed by atoms with Crippen molar-refractivity contribution in [3.8, 4) is 0 Å². The molecular formula is C8H12ClN5O. The first kappa shape index (κ1) is 11.5. The van der Waals surface area contributed by atoms with E-state index in [4.69, 9.17) is 23.1 Å². The molecule has 1 amide bonds. The largest absolute Gasteiger partial charge is 0.368 e. The van der Waals surface area contributed by atoms with Gasteiger partial charge in [0.05, 0.1) is 6.54 Å². The Labute approximate surface area is 92.2 Å². The number of nitrogen functional groups attached to an aromatic ring is 1. The second-order valence-corrected chi connectivity index (χ2v) is 3.27. The van der Waals surface area contributed by atoms with Gasteiger partial charge >= 0.3 is 0 Å². The standard InChI is InChI=1S/C8H12ClN5O/c1-2-14(4-6(10)15)7-3-5(9)12-8(11)13-7/h3H,2,4H2,1H3,(H2,10,15)(H2,11,12,13). The number of amides is 1. The number of carbonyl (C=O) groups excluding carboxylic acids is 1. The SMILES string of the molecule is CCN(CC(N)=O)c1cc(Cl)nc(N)n1. The highest BCUT2D eigenvalue weighted by atomic mass is 35.5. The Hall–Kier alpha value is -1.56. The highest BCUT2D eigenvalue weighted by Gasteiger charge is 2.10. The Morgan fingerprint density at radius 3 is 2.73 bits per heavy atom. The molecular weight excluding hydrogens is 218 g/mol. The van der Waals surface area contributed by atoms with Crippen molar-refractivity contribution in [2.45, 2.75) is 6.92 Å². The fraction of sp³-hybridized carbons (Fsp3) is 0.375. The summed E-state index contributed by atoms with van der Waals surface area (Å²) in [5.41, 5.74) is 10.5. The van der Waals surface area contributed by atoms with Gasteiger partial charge in [-0.1, -0.05) is 11.6 Å². The van der Waals surface area contributed by atoms with Gasteiger partial charge in [-0.2, -0.15) is 4.98 Å². The Kier molecular flexibility index (Phi) is 3.68. The average Bonchev–Trinajstić information content (AvgIpc) is 2.12. The van der Waals surface area contributed by atoms with E-state index in [1.807, 2.05) is 6.92 Å².